The van der Waals surface area contributed by atoms with Crippen molar-refractivity contribution in [3.05, 3.63) is 62.9 Å². The van der Waals surface area contributed by atoms with Gasteiger partial charge in [-0.2, -0.15) is 0 Å². The van der Waals surface area contributed by atoms with Crippen LogP contribution in [-0.2, 0) is 6.54 Å². The highest BCUT2D eigenvalue weighted by atomic mass is 35.5. The lowest BCUT2D eigenvalue weighted by atomic mass is 10.2. The first-order valence-electron chi connectivity index (χ1n) is 5.78. The van der Waals surface area contributed by atoms with Gasteiger partial charge in [0.05, 0.1) is 0 Å². The normalized spacial score (nSPS) is 10.4. The van der Waals surface area contributed by atoms with Crippen LogP contribution in [0, 0.1) is 0 Å². The van der Waals surface area contributed by atoms with Crippen LogP contribution in [0.1, 0.15) is 15.9 Å². The molecule has 1 aromatic carbocycles. The van der Waals surface area contributed by atoms with Crippen molar-refractivity contribution in [3.8, 4) is 0 Å². The van der Waals surface area contributed by atoms with Gasteiger partial charge in [-0.1, -0.05) is 46.9 Å². The van der Waals surface area contributed by atoms with Gasteiger partial charge in [0.1, 0.15) is 10.3 Å². The number of carbonyl (C=O) groups excluding carboxylic acids is 1. The number of halogens is 3. The number of carbonyl (C=O) groups is 1. The van der Waals surface area contributed by atoms with Crippen LogP contribution in [0.4, 0.5) is 0 Å². The Bertz CT molecular complexity index is 609. The van der Waals surface area contributed by atoms with Crippen LogP contribution >= 0.6 is 34.8 Å². The van der Waals surface area contributed by atoms with E-state index >= 15 is 0 Å². The van der Waals surface area contributed by atoms with E-state index in [-0.39, 0.29) is 16.2 Å². The van der Waals surface area contributed by atoms with E-state index in [1.807, 2.05) is 12.1 Å². The molecule has 2 aromatic rings. The van der Waals surface area contributed by atoms with Crippen LogP contribution in [-0.4, -0.2) is 22.8 Å². The molecule has 0 unspecified atom stereocenters. The molecule has 0 N–H and O–H groups in total. The molecule has 0 spiro atoms. The van der Waals surface area contributed by atoms with Gasteiger partial charge < -0.3 is 4.90 Å². The van der Waals surface area contributed by atoms with Crippen molar-refractivity contribution in [2.75, 3.05) is 7.05 Å². The van der Waals surface area contributed by atoms with Gasteiger partial charge in [-0.3, -0.25) is 4.79 Å². The number of hydrogen-bond donors (Lipinski definition) is 0. The summed E-state index contributed by atoms with van der Waals surface area (Å²) in [4.78, 5) is 17.7. The van der Waals surface area contributed by atoms with E-state index in [9.17, 15) is 4.79 Å². The summed E-state index contributed by atoms with van der Waals surface area (Å²) < 4.78 is 0. The monoisotopic (exact) mass is 328 g/mol. The molecule has 0 saturated carbocycles. The van der Waals surface area contributed by atoms with E-state index < -0.39 is 0 Å². The van der Waals surface area contributed by atoms with Crippen molar-refractivity contribution in [2.45, 2.75) is 6.54 Å². The molecular weight excluding hydrogens is 319 g/mol. The standard InChI is InChI=1S/C14H11Cl3N2O/c1-19(8-9-2-4-11(15)5-3-9)14(20)10-6-12(16)18-13(17)7-10/h2-7H,8H2,1H3. The van der Waals surface area contributed by atoms with Crippen molar-refractivity contribution < 1.29 is 4.79 Å². The second kappa shape index (κ2) is 6.44. The molecule has 1 amide bonds. The third-order valence-electron chi connectivity index (χ3n) is 2.69. The van der Waals surface area contributed by atoms with Gasteiger partial charge in [0.15, 0.2) is 0 Å². The Morgan fingerprint density at radius 3 is 2.20 bits per heavy atom. The number of hydrogen-bond acceptors (Lipinski definition) is 2. The molecule has 0 aliphatic carbocycles. The van der Waals surface area contributed by atoms with Gasteiger partial charge in [-0.05, 0) is 29.8 Å². The van der Waals surface area contributed by atoms with Gasteiger partial charge in [0.2, 0.25) is 0 Å². The molecule has 2 rings (SSSR count). The summed E-state index contributed by atoms with van der Waals surface area (Å²) in [5.41, 5.74) is 1.39. The van der Waals surface area contributed by atoms with Crippen LogP contribution in [0.25, 0.3) is 0 Å². The fourth-order valence-electron chi connectivity index (χ4n) is 1.74. The average molecular weight is 330 g/mol. The molecule has 0 atom stereocenters. The van der Waals surface area contributed by atoms with Crippen LogP contribution in [0.2, 0.25) is 15.3 Å². The average Bonchev–Trinajstić information content (AvgIpc) is 2.39. The van der Waals surface area contributed by atoms with E-state index in [4.69, 9.17) is 34.8 Å². The number of rotatable bonds is 3. The zero-order valence-corrected chi connectivity index (χ0v) is 12.9. The Balaban J connectivity index is 2.14. The maximum atomic E-state index is 12.3. The Labute approximate surface area is 132 Å². The predicted molar refractivity (Wildman–Crippen MR) is 81.5 cm³/mol. The molecule has 0 fully saturated rings. The van der Waals surface area contributed by atoms with E-state index in [1.54, 1.807) is 24.1 Å². The Morgan fingerprint density at radius 1 is 1.10 bits per heavy atom. The first-order chi connectivity index (χ1) is 9.45. The highest BCUT2D eigenvalue weighted by Gasteiger charge is 2.14. The zero-order valence-electron chi connectivity index (χ0n) is 10.6. The van der Waals surface area contributed by atoms with E-state index in [2.05, 4.69) is 4.98 Å². The first kappa shape index (κ1) is 15.1. The summed E-state index contributed by atoms with van der Waals surface area (Å²) >= 11 is 17.4. The van der Waals surface area contributed by atoms with Gasteiger partial charge in [0, 0.05) is 24.2 Å². The molecule has 104 valence electrons. The molecular formula is C14H11Cl3N2O. The highest BCUT2D eigenvalue weighted by molar-refractivity contribution is 6.33. The fourth-order valence-corrected chi connectivity index (χ4v) is 2.33. The lowest BCUT2D eigenvalue weighted by Gasteiger charge is -2.17. The van der Waals surface area contributed by atoms with Crippen molar-refractivity contribution in [2.24, 2.45) is 0 Å². The van der Waals surface area contributed by atoms with Crippen molar-refractivity contribution >= 4 is 40.7 Å². The third kappa shape index (κ3) is 3.85. The smallest absolute Gasteiger partial charge is 0.254 e. The quantitative estimate of drug-likeness (QED) is 0.786. The second-order valence-electron chi connectivity index (χ2n) is 4.29. The van der Waals surface area contributed by atoms with Crippen LogP contribution < -0.4 is 0 Å². The van der Waals surface area contributed by atoms with Crippen LogP contribution in [0.15, 0.2) is 36.4 Å². The van der Waals surface area contributed by atoms with Crippen molar-refractivity contribution in [3.63, 3.8) is 0 Å². The van der Waals surface area contributed by atoms with E-state index in [0.29, 0.717) is 17.1 Å². The largest absolute Gasteiger partial charge is 0.337 e. The molecule has 0 aliphatic heterocycles. The summed E-state index contributed by atoms with van der Waals surface area (Å²) in [5, 5.41) is 1.05. The van der Waals surface area contributed by atoms with E-state index in [0.717, 1.165) is 5.56 Å². The Hall–Kier alpha value is -1.29. The summed E-state index contributed by atoms with van der Waals surface area (Å²) in [6.07, 6.45) is 0. The number of nitrogens with zero attached hydrogens (tertiary/aromatic N) is 2. The van der Waals surface area contributed by atoms with Crippen molar-refractivity contribution in [1.29, 1.82) is 0 Å². The minimum atomic E-state index is -0.175. The zero-order chi connectivity index (χ0) is 14.7. The summed E-state index contributed by atoms with van der Waals surface area (Å²) in [6.45, 7) is 0.466. The molecule has 0 radical (unpaired) electrons. The van der Waals surface area contributed by atoms with Gasteiger partial charge in [0.25, 0.3) is 5.91 Å². The fraction of sp³-hybridized carbons (Fsp3) is 0.143. The summed E-state index contributed by atoms with van der Waals surface area (Å²) in [6, 6.07) is 10.3. The summed E-state index contributed by atoms with van der Waals surface area (Å²) in [5.74, 6) is -0.175. The topological polar surface area (TPSA) is 33.2 Å². The molecule has 20 heavy (non-hydrogen) atoms. The lowest BCUT2D eigenvalue weighted by molar-refractivity contribution is 0.0785. The third-order valence-corrected chi connectivity index (χ3v) is 3.33. The van der Waals surface area contributed by atoms with E-state index in [1.165, 1.54) is 12.1 Å². The molecule has 6 heteroatoms. The number of benzene rings is 1. The maximum Gasteiger partial charge on any atom is 0.254 e. The van der Waals surface area contributed by atoms with Gasteiger partial charge >= 0.3 is 0 Å². The SMILES string of the molecule is CN(Cc1ccc(Cl)cc1)C(=O)c1cc(Cl)nc(Cl)c1. The Kier molecular flexibility index (Phi) is 4.86. The molecule has 3 nitrogen and oxygen atoms in total. The highest BCUT2D eigenvalue weighted by Crippen LogP contribution is 2.17. The molecule has 0 aliphatic rings. The minimum absolute atomic E-state index is 0.175. The van der Waals surface area contributed by atoms with Gasteiger partial charge in [-0.25, -0.2) is 4.98 Å². The number of amides is 1. The molecule has 0 saturated heterocycles. The molecule has 1 heterocycles. The van der Waals surface area contributed by atoms with Crippen molar-refractivity contribution in [1.82, 2.24) is 9.88 Å². The van der Waals surface area contributed by atoms with Gasteiger partial charge in [-0.15, -0.1) is 0 Å². The molecule has 1 aromatic heterocycles. The minimum Gasteiger partial charge on any atom is -0.337 e. The first-order valence-corrected chi connectivity index (χ1v) is 6.92. The maximum absolute atomic E-state index is 12.3. The summed E-state index contributed by atoms with van der Waals surface area (Å²) in [7, 11) is 1.71. The number of pyridine rings is 1. The number of aromatic nitrogens is 1. The molecule has 0 bridgehead atoms. The Morgan fingerprint density at radius 2 is 1.65 bits per heavy atom. The predicted octanol–water partition coefficient (Wildman–Crippen LogP) is 4.31. The lowest BCUT2D eigenvalue weighted by Crippen LogP contribution is -2.26. The van der Waals surface area contributed by atoms with Crippen LogP contribution in [0.3, 0.4) is 0 Å². The van der Waals surface area contributed by atoms with Crippen LogP contribution in [0.5, 0.6) is 0 Å². The second-order valence-corrected chi connectivity index (χ2v) is 5.50.